The highest BCUT2D eigenvalue weighted by molar-refractivity contribution is 7.80. The summed E-state index contributed by atoms with van der Waals surface area (Å²) in [7, 11) is 1.60. The lowest BCUT2D eigenvalue weighted by Crippen LogP contribution is -2.50. The van der Waals surface area contributed by atoms with Crippen molar-refractivity contribution >= 4 is 23.3 Å². The number of allylic oxidation sites excluding steroid dienone is 1. The smallest absolute Gasteiger partial charge is 0.338 e. The second-order valence-corrected chi connectivity index (χ2v) is 5.13. The van der Waals surface area contributed by atoms with E-state index >= 15 is 0 Å². The third-order valence-corrected chi connectivity index (χ3v) is 3.79. The van der Waals surface area contributed by atoms with Gasteiger partial charge in [0.25, 0.3) is 0 Å². The molecule has 22 heavy (non-hydrogen) atoms. The summed E-state index contributed by atoms with van der Waals surface area (Å²) in [5.74, 6) is 6.20. The molecule has 1 unspecified atom stereocenters. The summed E-state index contributed by atoms with van der Waals surface area (Å²) in [6.07, 6.45) is 0. The minimum atomic E-state index is -0.411. The molecule has 0 saturated heterocycles. The molecule has 0 aliphatic carbocycles. The van der Waals surface area contributed by atoms with Crippen LogP contribution in [-0.4, -0.2) is 29.8 Å². The first-order valence-electron chi connectivity index (χ1n) is 6.86. The molecule has 1 aromatic rings. The van der Waals surface area contributed by atoms with Gasteiger partial charge in [0.2, 0.25) is 0 Å². The Morgan fingerprint density at radius 3 is 2.59 bits per heavy atom. The molecule has 1 aliphatic heterocycles. The number of methoxy groups -OCH3 is 1. The number of benzene rings is 1. The number of nitrogens with zero attached hydrogens (tertiary/aromatic N) is 1. The van der Waals surface area contributed by atoms with Gasteiger partial charge in [-0.15, -0.1) is 0 Å². The summed E-state index contributed by atoms with van der Waals surface area (Å²) < 4.78 is 10.3. The molecule has 0 bridgehead atoms. The maximum Gasteiger partial charge on any atom is 0.338 e. The lowest BCUT2D eigenvalue weighted by atomic mass is 9.95. The molecule has 1 aromatic carbocycles. The molecule has 0 saturated carbocycles. The van der Waals surface area contributed by atoms with Crippen LogP contribution in [-0.2, 0) is 9.53 Å². The molecule has 2 rings (SSSR count). The van der Waals surface area contributed by atoms with Crippen LogP contribution in [0.3, 0.4) is 0 Å². The highest BCUT2D eigenvalue weighted by Crippen LogP contribution is 2.30. The van der Waals surface area contributed by atoms with Crippen molar-refractivity contribution in [3.63, 3.8) is 0 Å². The van der Waals surface area contributed by atoms with Crippen LogP contribution in [0.2, 0.25) is 0 Å². The Morgan fingerprint density at radius 2 is 2.05 bits per heavy atom. The normalized spacial score (nSPS) is 18.1. The van der Waals surface area contributed by atoms with Gasteiger partial charge in [0.05, 0.1) is 25.3 Å². The topological polar surface area (TPSA) is 76.8 Å². The number of carbonyl (C=O) groups is 1. The number of hydrogen-bond acceptors (Lipinski definition) is 5. The Labute approximate surface area is 134 Å². The Bertz CT molecular complexity index is 613. The fourth-order valence-electron chi connectivity index (χ4n) is 2.28. The highest BCUT2D eigenvalue weighted by Gasteiger charge is 2.33. The van der Waals surface area contributed by atoms with Gasteiger partial charge < -0.3 is 14.8 Å². The number of esters is 1. The van der Waals surface area contributed by atoms with E-state index in [1.807, 2.05) is 24.3 Å². The van der Waals surface area contributed by atoms with Crippen molar-refractivity contribution in [3.05, 3.63) is 41.1 Å². The summed E-state index contributed by atoms with van der Waals surface area (Å²) in [4.78, 5) is 12.3. The molecule has 7 heteroatoms. The second-order valence-electron chi connectivity index (χ2n) is 4.75. The first-order chi connectivity index (χ1) is 10.5. The number of nitrogens with one attached hydrogen (secondary N) is 1. The van der Waals surface area contributed by atoms with E-state index in [4.69, 9.17) is 27.5 Å². The summed E-state index contributed by atoms with van der Waals surface area (Å²) in [6, 6.07) is 6.99. The zero-order valence-electron chi connectivity index (χ0n) is 12.8. The SMILES string of the molecule is CCOC(=O)C1=C(C)N(N)C(=S)NC1c1ccc(OC)cc1. The van der Waals surface area contributed by atoms with Gasteiger partial charge in [-0.2, -0.15) is 0 Å². The minimum absolute atomic E-state index is 0.292. The van der Waals surface area contributed by atoms with Crippen molar-refractivity contribution < 1.29 is 14.3 Å². The maximum atomic E-state index is 12.3. The molecule has 118 valence electrons. The van der Waals surface area contributed by atoms with Crippen molar-refractivity contribution in [2.75, 3.05) is 13.7 Å². The zero-order valence-corrected chi connectivity index (χ0v) is 13.6. The molecule has 0 fully saturated rings. The van der Waals surface area contributed by atoms with Gasteiger partial charge in [-0.1, -0.05) is 12.1 Å². The standard InChI is InChI=1S/C15H19N3O3S/c1-4-21-14(19)12-9(2)18(16)15(22)17-13(12)10-5-7-11(20-3)8-6-10/h5-8,13H,4,16H2,1-3H3,(H,17,22). The lowest BCUT2D eigenvalue weighted by Gasteiger charge is -2.34. The average molecular weight is 321 g/mol. The fourth-order valence-corrected chi connectivity index (χ4v) is 2.53. The van der Waals surface area contributed by atoms with Gasteiger partial charge in [-0.3, -0.25) is 5.01 Å². The van der Waals surface area contributed by atoms with E-state index < -0.39 is 12.0 Å². The molecule has 1 heterocycles. The molecule has 3 N–H and O–H groups in total. The molecule has 1 atom stereocenters. The van der Waals surface area contributed by atoms with E-state index in [0.29, 0.717) is 23.0 Å². The van der Waals surface area contributed by atoms with Crippen molar-refractivity contribution in [1.82, 2.24) is 10.3 Å². The van der Waals surface area contributed by atoms with Crippen molar-refractivity contribution in [2.24, 2.45) is 5.84 Å². The maximum absolute atomic E-state index is 12.3. The molecule has 6 nitrogen and oxygen atoms in total. The molecule has 1 aliphatic rings. The Balaban J connectivity index is 2.45. The van der Waals surface area contributed by atoms with E-state index in [1.165, 1.54) is 5.01 Å². The third-order valence-electron chi connectivity index (χ3n) is 3.47. The zero-order chi connectivity index (χ0) is 16.3. The Hall–Kier alpha value is -2.12. The quantitative estimate of drug-likeness (QED) is 0.496. The summed E-state index contributed by atoms with van der Waals surface area (Å²) in [5.41, 5.74) is 1.89. The number of hydrogen-bond donors (Lipinski definition) is 2. The molecule has 0 amide bonds. The van der Waals surface area contributed by atoms with Crippen molar-refractivity contribution in [2.45, 2.75) is 19.9 Å². The van der Waals surface area contributed by atoms with Gasteiger partial charge in [0.15, 0.2) is 5.11 Å². The van der Waals surface area contributed by atoms with E-state index in [1.54, 1.807) is 21.0 Å². The first-order valence-corrected chi connectivity index (χ1v) is 7.27. The number of hydrazine groups is 1. The number of carbonyl (C=O) groups excluding carboxylic acids is 1. The first kappa shape index (κ1) is 16.3. The summed E-state index contributed by atoms with van der Waals surface area (Å²) in [5, 5.41) is 4.71. The van der Waals surface area contributed by atoms with Gasteiger partial charge in [-0.05, 0) is 43.8 Å². The van der Waals surface area contributed by atoms with Crippen molar-refractivity contribution in [3.8, 4) is 5.75 Å². The van der Waals surface area contributed by atoms with Crippen LogP contribution >= 0.6 is 12.2 Å². The number of nitrogens with two attached hydrogens (primary N) is 1. The predicted molar refractivity (Wildman–Crippen MR) is 86.8 cm³/mol. The van der Waals surface area contributed by atoms with Gasteiger partial charge in [0, 0.05) is 5.70 Å². The minimum Gasteiger partial charge on any atom is -0.497 e. The van der Waals surface area contributed by atoms with E-state index in [-0.39, 0.29) is 0 Å². The van der Waals surface area contributed by atoms with Crippen LogP contribution in [0.1, 0.15) is 25.5 Å². The van der Waals surface area contributed by atoms with Gasteiger partial charge in [0.1, 0.15) is 5.75 Å². The summed E-state index contributed by atoms with van der Waals surface area (Å²) >= 11 is 5.21. The third kappa shape index (κ3) is 3.05. The van der Waals surface area contributed by atoms with Crippen LogP contribution in [0.25, 0.3) is 0 Å². The summed E-state index contributed by atoms with van der Waals surface area (Å²) in [6.45, 7) is 3.80. The average Bonchev–Trinajstić information content (AvgIpc) is 2.52. The van der Waals surface area contributed by atoms with E-state index in [0.717, 1.165) is 11.3 Å². The lowest BCUT2D eigenvalue weighted by molar-refractivity contribution is -0.139. The fraction of sp³-hybridized carbons (Fsp3) is 0.333. The second kappa shape index (κ2) is 6.76. The van der Waals surface area contributed by atoms with Crippen LogP contribution in [0.4, 0.5) is 0 Å². The van der Waals surface area contributed by atoms with Gasteiger partial charge in [-0.25, -0.2) is 10.6 Å². The Morgan fingerprint density at radius 1 is 1.41 bits per heavy atom. The number of rotatable bonds is 4. The number of ether oxygens (including phenoxy) is 2. The predicted octanol–water partition coefficient (Wildman–Crippen LogP) is 1.64. The molecule has 0 radical (unpaired) electrons. The molecule has 0 aromatic heterocycles. The molecule has 0 spiro atoms. The van der Waals surface area contributed by atoms with Crippen molar-refractivity contribution in [1.29, 1.82) is 0 Å². The van der Waals surface area contributed by atoms with Crippen LogP contribution in [0.5, 0.6) is 5.75 Å². The van der Waals surface area contributed by atoms with Crippen LogP contribution in [0, 0.1) is 0 Å². The molecular weight excluding hydrogens is 302 g/mol. The van der Waals surface area contributed by atoms with Crippen LogP contribution < -0.4 is 15.9 Å². The monoisotopic (exact) mass is 321 g/mol. The number of thiocarbonyl (C=S) groups is 1. The van der Waals surface area contributed by atoms with E-state index in [9.17, 15) is 4.79 Å². The Kier molecular flexibility index (Phi) is 4.99. The van der Waals surface area contributed by atoms with Gasteiger partial charge >= 0.3 is 5.97 Å². The largest absolute Gasteiger partial charge is 0.497 e. The van der Waals surface area contributed by atoms with Crippen LogP contribution in [0.15, 0.2) is 35.5 Å². The molecular formula is C15H19N3O3S. The van der Waals surface area contributed by atoms with E-state index in [2.05, 4.69) is 5.32 Å². The highest BCUT2D eigenvalue weighted by atomic mass is 32.1.